The zero-order valence-electron chi connectivity index (χ0n) is 20.8. The van der Waals surface area contributed by atoms with E-state index in [4.69, 9.17) is 0 Å². The summed E-state index contributed by atoms with van der Waals surface area (Å²) in [4.78, 5) is 29.6. The molecule has 3 aromatic carbocycles. The second-order valence-corrected chi connectivity index (χ2v) is 9.94. The minimum atomic E-state index is -0.787. The predicted molar refractivity (Wildman–Crippen MR) is 142 cm³/mol. The van der Waals surface area contributed by atoms with Crippen molar-refractivity contribution in [2.45, 2.75) is 31.6 Å². The Kier molecular flexibility index (Phi) is 7.40. The van der Waals surface area contributed by atoms with Crippen LogP contribution in [0.4, 0.5) is 15.8 Å². The van der Waals surface area contributed by atoms with Crippen LogP contribution in [0.3, 0.4) is 0 Å². The molecule has 7 heteroatoms. The van der Waals surface area contributed by atoms with Crippen molar-refractivity contribution in [2.75, 3.05) is 36.4 Å². The van der Waals surface area contributed by atoms with Crippen molar-refractivity contribution in [2.24, 2.45) is 5.92 Å². The lowest BCUT2D eigenvalue weighted by molar-refractivity contribution is -0.120. The van der Waals surface area contributed by atoms with E-state index in [1.165, 1.54) is 23.4 Å². The summed E-state index contributed by atoms with van der Waals surface area (Å²) in [5, 5.41) is 12.4. The molecule has 0 radical (unpaired) electrons. The lowest BCUT2D eigenvalue weighted by atomic mass is 9.89. The van der Waals surface area contributed by atoms with E-state index >= 15 is 0 Å². The molecule has 0 aliphatic carbocycles. The van der Waals surface area contributed by atoms with Gasteiger partial charge in [0.25, 0.3) is 5.91 Å². The number of benzene rings is 3. The first-order valence-electron chi connectivity index (χ1n) is 13.0. The minimum absolute atomic E-state index is 0.0172. The predicted octanol–water partition coefficient (Wildman–Crippen LogP) is 5.41. The molecule has 2 aliphatic heterocycles. The Morgan fingerprint density at radius 3 is 2.16 bits per heavy atom. The normalized spacial score (nSPS) is 17.0. The van der Waals surface area contributed by atoms with Gasteiger partial charge in [-0.1, -0.05) is 30.3 Å². The SMILES string of the molecule is O=C(Nc1ccc(C2CCN(C(=O)c3ccc(O)c(F)c3)CC2)cc1)C1CCN(c2ccccc2)CC1. The fourth-order valence-electron chi connectivity index (χ4n) is 5.36. The molecule has 0 spiro atoms. The average molecular weight is 502 g/mol. The lowest BCUT2D eigenvalue weighted by Crippen LogP contribution is -2.38. The fraction of sp³-hybridized carbons (Fsp3) is 0.333. The third-order valence-corrected chi connectivity index (χ3v) is 7.61. The molecule has 5 rings (SSSR count). The van der Waals surface area contributed by atoms with E-state index in [1.807, 2.05) is 30.3 Å². The molecule has 0 atom stereocenters. The summed E-state index contributed by atoms with van der Waals surface area (Å²) in [6.07, 6.45) is 3.32. The molecule has 2 amide bonds. The van der Waals surface area contributed by atoms with E-state index in [1.54, 1.807) is 4.90 Å². The average Bonchev–Trinajstić information content (AvgIpc) is 2.95. The van der Waals surface area contributed by atoms with E-state index in [0.29, 0.717) is 19.0 Å². The standard InChI is InChI=1S/C30H32FN3O3/c31-27-20-24(8-11-28(27)35)30(37)34-18-12-22(13-19-34)21-6-9-25(10-7-21)32-29(36)23-14-16-33(17-15-23)26-4-2-1-3-5-26/h1-11,20,22-23,35H,12-19H2,(H,32,36). The van der Waals surface area contributed by atoms with Crippen LogP contribution < -0.4 is 10.2 Å². The van der Waals surface area contributed by atoms with Crippen LogP contribution in [0.2, 0.25) is 0 Å². The number of carbonyl (C=O) groups excluding carboxylic acids is 2. The molecule has 0 bridgehead atoms. The maximum absolute atomic E-state index is 13.6. The smallest absolute Gasteiger partial charge is 0.253 e. The van der Waals surface area contributed by atoms with Gasteiger partial charge >= 0.3 is 0 Å². The number of phenolic OH excluding ortho intramolecular Hbond substituents is 1. The van der Waals surface area contributed by atoms with Gasteiger partial charge < -0.3 is 20.2 Å². The van der Waals surface area contributed by atoms with Gasteiger partial charge in [0.05, 0.1) is 0 Å². The molecular formula is C30H32FN3O3. The Hall–Kier alpha value is -3.87. The van der Waals surface area contributed by atoms with Crippen LogP contribution in [-0.2, 0) is 4.79 Å². The molecule has 0 aromatic heterocycles. The highest BCUT2D eigenvalue weighted by atomic mass is 19.1. The molecule has 2 N–H and O–H groups in total. The van der Waals surface area contributed by atoms with Crippen molar-refractivity contribution in [3.05, 3.63) is 89.7 Å². The number of phenols is 1. The Morgan fingerprint density at radius 2 is 1.51 bits per heavy atom. The summed E-state index contributed by atoms with van der Waals surface area (Å²) in [5.74, 6) is -1.03. The first-order chi connectivity index (χ1) is 18.0. The van der Waals surface area contributed by atoms with Crippen LogP contribution in [-0.4, -0.2) is 48.0 Å². The number of anilines is 2. The van der Waals surface area contributed by atoms with Crippen molar-refractivity contribution in [3.63, 3.8) is 0 Å². The maximum atomic E-state index is 13.6. The van der Waals surface area contributed by atoms with Gasteiger partial charge in [-0.2, -0.15) is 0 Å². The highest BCUT2D eigenvalue weighted by molar-refractivity contribution is 5.94. The summed E-state index contributed by atoms with van der Waals surface area (Å²) >= 11 is 0. The van der Waals surface area contributed by atoms with Gasteiger partial charge in [-0.25, -0.2) is 4.39 Å². The number of nitrogens with one attached hydrogen (secondary N) is 1. The van der Waals surface area contributed by atoms with Crippen molar-refractivity contribution >= 4 is 23.2 Å². The molecule has 37 heavy (non-hydrogen) atoms. The van der Waals surface area contributed by atoms with Gasteiger partial charge in [-0.15, -0.1) is 0 Å². The molecule has 192 valence electrons. The van der Waals surface area contributed by atoms with E-state index < -0.39 is 11.6 Å². The van der Waals surface area contributed by atoms with Crippen molar-refractivity contribution in [3.8, 4) is 5.75 Å². The number of hydrogen-bond donors (Lipinski definition) is 2. The minimum Gasteiger partial charge on any atom is -0.505 e. The van der Waals surface area contributed by atoms with Crippen molar-refractivity contribution in [1.29, 1.82) is 0 Å². The van der Waals surface area contributed by atoms with Crippen LogP contribution in [0.5, 0.6) is 5.75 Å². The van der Waals surface area contributed by atoms with Gasteiger partial charge in [0.15, 0.2) is 11.6 Å². The summed E-state index contributed by atoms with van der Waals surface area (Å²) < 4.78 is 13.6. The first-order valence-corrected chi connectivity index (χ1v) is 13.0. The monoisotopic (exact) mass is 501 g/mol. The summed E-state index contributed by atoms with van der Waals surface area (Å²) in [7, 11) is 0. The molecule has 6 nitrogen and oxygen atoms in total. The topological polar surface area (TPSA) is 72.9 Å². The van der Waals surface area contributed by atoms with Gasteiger partial charge in [0.2, 0.25) is 5.91 Å². The zero-order chi connectivity index (χ0) is 25.8. The molecule has 2 saturated heterocycles. The molecule has 2 heterocycles. The number of para-hydroxylation sites is 1. The maximum Gasteiger partial charge on any atom is 0.253 e. The highest BCUT2D eigenvalue weighted by Gasteiger charge is 2.27. The summed E-state index contributed by atoms with van der Waals surface area (Å²) in [6.45, 7) is 2.94. The Balaban J connectivity index is 1.10. The van der Waals surface area contributed by atoms with Crippen molar-refractivity contribution < 1.29 is 19.1 Å². The molecule has 2 aliphatic rings. The van der Waals surface area contributed by atoms with Gasteiger partial charge in [-0.3, -0.25) is 9.59 Å². The van der Waals surface area contributed by atoms with Gasteiger partial charge in [0, 0.05) is 49.0 Å². The second kappa shape index (κ2) is 11.0. The van der Waals surface area contributed by atoms with Gasteiger partial charge in [0.1, 0.15) is 0 Å². The first kappa shape index (κ1) is 24.8. The molecule has 2 fully saturated rings. The number of amides is 2. The summed E-state index contributed by atoms with van der Waals surface area (Å²) in [6, 6.07) is 22.1. The Bertz CT molecular complexity index is 1230. The largest absolute Gasteiger partial charge is 0.505 e. The lowest BCUT2D eigenvalue weighted by Gasteiger charge is -2.33. The number of aromatic hydroxyl groups is 1. The van der Waals surface area contributed by atoms with Crippen LogP contribution in [0.15, 0.2) is 72.8 Å². The quantitative estimate of drug-likeness (QED) is 0.491. The number of rotatable bonds is 5. The molecule has 3 aromatic rings. The van der Waals surface area contributed by atoms with E-state index in [0.717, 1.165) is 50.5 Å². The molecular weight excluding hydrogens is 469 g/mol. The van der Waals surface area contributed by atoms with Crippen LogP contribution >= 0.6 is 0 Å². The second-order valence-electron chi connectivity index (χ2n) is 9.94. The van der Waals surface area contributed by atoms with Crippen LogP contribution in [0.1, 0.15) is 47.5 Å². The number of halogens is 1. The van der Waals surface area contributed by atoms with Crippen LogP contribution in [0, 0.1) is 11.7 Å². The molecule has 0 unspecified atom stereocenters. The third kappa shape index (κ3) is 5.77. The Morgan fingerprint density at radius 1 is 0.838 bits per heavy atom. The third-order valence-electron chi connectivity index (χ3n) is 7.61. The zero-order valence-corrected chi connectivity index (χ0v) is 20.8. The number of piperidine rings is 2. The van der Waals surface area contributed by atoms with Crippen molar-refractivity contribution in [1.82, 2.24) is 4.90 Å². The van der Waals surface area contributed by atoms with Gasteiger partial charge in [-0.05, 0) is 79.6 Å². The number of likely N-dealkylation sites (tertiary alicyclic amines) is 1. The fourth-order valence-corrected chi connectivity index (χ4v) is 5.36. The van der Waals surface area contributed by atoms with E-state index in [9.17, 15) is 19.1 Å². The summed E-state index contributed by atoms with van der Waals surface area (Å²) in [5.41, 5.74) is 3.46. The number of nitrogens with zero attached hydrogens (tertiary/aromatic N) is 2. The highest BCUT2D eigenvalue weighted by Crippen LogP contribution is 2.30. The van der Waals surface area contributed by atoms with E-state index in [2.05, 4.69) is 34.5 Å². The molecule has 0 saturated carbocycles. The number of carbonyl (C=O) groups is 2. The Labute approximate surface area is 216 Å². The number of hydrogen-bond acceptors (Lipinski definition) is 4. The van der Waals surface area contributed by atoms with Crippen LogP contribution in [0.25, 0.3) is 0 Å². The van der Waals surface area contributed by atoms with E-state index in [-0.39, 0.29) is 23.3 Å².